The Bertz CT molecular complexity index is 550. The summed E-state index contributed by atoms with van der Waals surface area (Å²) in [6.07, 6.45) is 4.28. The van der Waals surface area contributed by atoms with Gasteiger partial charge in [0.15, 0.2) is 0 Å². The fourth-order valence-corrected chi connectivity index (χ4v) is 3.30. The molecule has 114 valence electrons. The Kier molecular flexibility index (Phi) is 5.02. The summed E-state index contributed by atoms with van der Waals surface area (Å²) in [5.41, 5.74) is 3.63. The number of nitrogens with one attached hydrogen (secondary N) is 1. The second-order valence-electron chi connectivity index (χ2n) is 6.23. The molecule has 2 heteroatoms. The lowest BCUT2D eigenvalue weighted by Gasteiger charge is -2.34. The Labute approximate surface area is 133 Å². The van der Waals surface area contributed by atoms with Crippen molar-refractivity contribution >= 4 is 5.71 Å². The maximum atomic E-state index is 8.05. The van der Waals surface area contributed by atoms with Crippen molar-refractivity contribution in [1.82, 2.24) is 4.90 Å². The van der Waals surface area contributed by atoms with E-state index in [2.05, 4.69) is 65.6 Å². The highest BCUT2D eigenvalue weighted by Crippen LogP contribution is 2.24. The Hall–Kier alpha value is -1.93. The van der Waals surface area contributed by atoms with Gasteiger partial charge in [0.05, 0.1) is 0 Å². The normalized spacial score (nSPS) is 18.6. The fraction of sp³-hybridized carbons (Fsp3) is 0.350. The molecule has 1 unspecified atom stereocenters. The van der Waals surface area contributed by atoms with E-state index in [1.807, 2.05) is 0 Å². The van der Waals surface area contributed by atoms with E-state index in [0.29, 0.717) is 6.04 Å². The van der Waals surface area contributed by atoms with Gasteiger partial charge < -0.3 is 5.41 Å². The van der Waals surface area contributed by atoms with Crippen molar-refractivity contribution in [3.05, 3.63) is 71.8 Å². The van der Waals surface area contributed by atoms with Gasteiger partial charge in [-0.25, -0.2) is 0 Å². The van der Waals surface area contributed by atoms with E-state index >= 15 is 0 Å². The van der Waals surface area contributed by atoms with Crippen LogP contribution >= 0.6 is 0 Å². The van der Waals surface area contributed by atoms with Crippen LogP contribution in [0.1, 0.15) is 36.8 Å². The molecule has 0 radical (unpaired) electrons. The zero-order chi connectivity index (χ0) is 15.2. The van der Waals surface area contributed by atoms with Gasteiger partial charge in [-0.2, -0.15) is 0 Å². The topological polar surface area (TPSA) is 27.1 Å². The molecular formula is C20H24N2. The van der Waals surface area contributed by atoms with E-state index in [1.54, 1.807) is 0 Å². The summed E-state index contributed by atoms with van der Waals surface area (Å²) in [5.74, 6) is 0. The first-order valence-corrected chi connectivity index (χ1v) is 8.19. The first-order valence-electron chi connectivity index (χ1n) is 8.19. The lowest BCUT2D eigenvalue weighted by molar-refractivity contribution is 0.165. The highest BCUT2D eigenvalue weighted by Gasteiger charge is 2.23. The molecule has 0 aliphatic heterocycles. The summed E-state index contributed by atoms with van der Waals surface area (Å²) >= 11 is 0. The summed E-state index contributed by atoms with van der Waals surface area (Å²) in [6.45, 7) is 1.93. The molecule has 1 aliphatic rings. The predicted octanol–water partition coefficient (Wildman–Crippen LogP) is 4.65. The van der Waals surface area contributed by atoms with Crippen molar-refractivity contribution < 1.29 is 0 Å². The van der Waals surface area contributed by atoms with Gasteiger partial charge in [0.2, 0.25) is 0 Å². The van der Waals surface area contributed by atoms with Crippen LogP contribution in [0.3, 0.4) is 0 Å². The third-order valence-corrected chi connectivity index (χ3v) is 4.47. The van der Waals surface area contributed by atoms with Crippen LogP contribution in [0.2, 0.25) is 0 Å². The number of rotatable bonds is 5. The van der Waals surface area contributed by atoms with Crippen molar-refractivity contribution in [2.24, 2.45) is 0 Å². The number of nitrogens with zero attached hydrogens (tertiary/aromatic N) is 1. The van der Waals surface area contributed by atoms with Crippen LogP contribution in [0.4, 0.5) is 0 Å². The summed E-state index contributed by atoms with van der Waals surface area (Å²) in [4.78, 5) is 2.55. The highest BCUT2D eigenvalue weighted by molar-refractivity contribution is 5.82. The van der Waals surface area contributed by atoms with Crippen LogP contribution in [0, 0.1) is 5.41 Å². The first kappa shape index (κ1) is 15.0. The van der Waals surface area contributed by atoms with Gasteiger partial charge in [0.25, 0.3) is 0 Å². The lowest BCUT2D eigenvalue weighted by atomic mass is 9.92. The van der Waals surface area contributed by atoms with Crippen LogP contribution in [-0.2, 0) is 13.1 Å². The molecule has 0 bridgehead atoms. The molecular weight excluding hydrogens is 268 g/mol. The SMILES string of the molecule is N=C1CCCC(N(Cc2ccccc2)Cc2ccccc2)C1. The lowest BCUT2D eigenvalue weighted by Crippen LogP contribution is -2.38. The van der Waals surface area contributed by atoms with E-state index in [4.69, 9.17) is 5.41 Å². The number of benzene rings is 2. The summed E-state index contributed by atoms with van der Waals surface area (Å²) in [5, 5.41) is 8.05. The van der Waals surface area contributed by atoms with Crippen LogP contribution in [0.25, 0.3) is 0 Å². The molecule has 0 heterocycles. The van der Waals surface area contributed by atoms with Crippen molar-refractivity contribution in [2.45, 2.75) is 44.8 Å². The molecule has 1 fully saturated rings. The van der Waals surface area contributed by atoms with Gasteiger partial charge in [-0.15, -0.1) is 0 Å². The van der Waals surface area contributed by atoms with Crippen LogP contribution < -0.4 is 0 Å². The maximum absolute atomic E-state index is 8.05. The van der Waals surface area contributed by atoms with Crippen molar-refractivity contribution in [3.8, 4) is 0 Å². The molecule has 0 aromatic heterocycles. The van der Waals surface area contributed by atoms with Crippen LogP contribution in [-0.4, -0.2) is 16.7 Å². The molecule has 1 atom stereocenters. The minimum Gasteiger partial charge on any atom is -0.310 e. The average molecular weight is 292 g/mol. The zero-order valence-electron chi connectivity index (χ0n) is 13.0. The second-order valence-corrected chi connectivity index (χ2v) is 6.23. The molecule has 3 rings (SSSR count). The van der Waals surface area contributed by atoms with Crippen molar-refractivity contribution in [3.63, 3.8) is 0 Å². The van der Waals surface area contributed by atoms with Gasteiger partial charge in [0, 0.05) is 31.3 Å². The smallest absolute Gasteiger partial charge is 0.0240 e. The summed E-state index contributed by atoms with van der Waals surface area (Å²) < 4.78 is 0. The standard InChI is InChI=1S/C20H24N2/c21-19-12-7-13-20(14-19)22(15-17-8-3-1-4-9-17)16-18-10-5-2-6-11-18/h1-6,8-11,20-21H,7,12-16H2. The second kappa shape index (κ2) is 7.37. The minimum absolute atomic E-state index is 0.502. The van der Waals surface area contributed by atoms with Crippen LogP contribution in [0.5, 0.6) is 0 Å². The molecule has 1 aliphatic carbocycles. The molecule has 0 spiro atoms. The van der Waals surface area contributed by atoms with E-state index < -0.39 is 0 Å². The molecule has 1 saturated carbocycles. The number of hydrogen-bond acceptors (Lipinski definition) is 2. The van der Waals surface area contributed by atoms with Gasteiger partial charge in [-0.3, -0.25) is 4.90 Å². The van der Waals surface area contributed by atoms with Crippen LogP contribution in [0.15, 0.2) is 60.7 Å². The Morgan fingerprint density at radius 2 is 1.41 bits per heavy atom. The quantitative estimate of drug-likeness (QED) is 0.853. The molecule has 2 nitrogen and oxygen atoms in total. The van der Waals surface area contributed by atoms with Gasteiger partial charge in [0.1, 0.15) is 0 Å². The van der Waals surface area contributed by atoms with Gasteiger partial charge in [-0.05, 0) is 30.4 Å². The van der Waals surface area contributed by atoms with E-state index in [9.17, 15) is 0 Å². The monoisotopic (exact) mass is 292 g/mol. The van der Waals surface area contributed by atoms with E-state index in [1.165, 1.54) is 17.5 Å². The minimum atomic E-state index is 0.502. The third kappa shape index (κ3) is 4.05. The molecule has 1 N–H and O–H groups in total. The Morgan fingerprint density at radius 3 is 1.91 bits per heavy atom. The fourth-order valence-electron chi connectivity index (χ4n) is 3.30. The average Bonchev–Trinajstić information content (AvgIpc) is 2.56. The molecule has 0 saturated heterocycles. The predicted molar refractivity (Wildman–Crippen MR) is 92.1 cm³/mol. The maximum Gasteiger partial charge on any atom is 0.0240 e. The highest BCUT2D eigenvalue weighted by atomic mass is 15.2. The summed E-state index contributed by atoms with van der Waals surface area (Å²) in [7, 11) is 0. The Morgan fingerprint density at radius 1 is 0.864 bits per heavy atom. The van der Waals surface area contributed by atoms with Crippen molar-refractivity contribution in [1.29, 1.82) is 5.41 Å². The zero-order valence-corrected chi connectivity index (χ0v) is 13.0. The van der Waals surface area contributed by atoms with Gasteiger partial charge in [-0.1, -0.05) is 60.7 Å². The molecule has 2 aromatic rings. The number of hydrogen-bond donors (Lipinski definition) is 1. The van der Waals surface area contributed by atoms with E-state index in [-0.39, 0.29) is 0 Å². The molecule has 22 heavy (non-hydrogen) atoms. The van der Waals surface area contributed by atoms with Gasteiger partial charge >= 0.3 is 0 Å². The largest absolute Gasteiger partial charge is 0.310 e. The van der Waals surface area contributed by atoms with Crippen molar-refractivity contribution in [2.75, 3.05) is 0 Å². The Balaban J connectivity index is 1.76. The van der Waals surface area contributed by atoms with E-state index in [0.717, 1.165) is 38.1 Å². The summed E-state index contributed by atoms with van der Waals surface area (Å²) in [6, 6.07) is 21.9. The first-order chi connectivity index (χ1) is 10.8. The molecule has 2 aromatic carbocycles. The molecule has 0 amide bonds. The third-order valence-electron chi connectivity index (χ3n) is 4.47.